The number of esters is 2. The lowest BCUT2D eigenvalue weighted by atomic mass is 9.80. The summed E-state index contributed by atoms with van der Waals surface area (Å²) in [6.45, 7) is 5.78. The molecule has 1 heterocycles. The Labute approximate surface area is 187 Å². The molecular formula is C21H29ClN3O4S+. The van der Waals surface area contributed by atoms with E-state index in [1.165, 1.54) is 11.8 Å². The maximum Gasteiger partial charge on any atom is 0.336 e. The fraction of sp³-hybridized carbons (Fsp3) is 0.381. The third kappa shape index (κ3) is 6.03. The van der Waals surface area contributed by atoms with Crippen molar-refractivity contribution in [3.8, 4) is 0 Å². The van der Waals surface area contributed by atoms with Crippen LogP contribution in [0.4, 0.5) is 0 Å². The molecule has 0 saturated carbocycles. The van der Waals surface area contributed by atoms with Crippen LogP contribution in [0, 0.1) is 0 Å². The SMILES string of the molecule is CCOC(=O)C1=C(C)NC(CSC(N)=[NH+]C)=C(C(=O)OCC)C1c1ccccc1.Cl. The van der Waals surface area contributed by atoms with Gasteiger partial charge in [0, 0.05) is 17.1 Å². The minimum absolute atomic E-state index is 0. The van der Waals surface area contributed by atoms with Gasteiger partial charge in [0.15, 0.2) is 0 Å². The fourth-order valence-corrected chi connectivity index (χ4v) is 3.81. The predicted molar refractivity (Wildman–Crippen MR) is 121 cm³/mol. The number of dihydropyridines is 1. The first kappa shape index (κ1) is 25.6. The smallest absolute Gasteiger partial charge is 0.336 e. The lowest BCUT2D eigenvalue weighted by Crippen LogP contribution is -2.69. The monoisotopic (exact) mass is 454 g/mol. The van der Waals surface area contributed by atoms with E-state index < -0.39 is 17.9 Å². The summed E-state index contributed by atoms with van der Waals surface area (Å²) < 4.78 is 10.6. The molecule has 7 nitrogen and oxygen atoms in total. The molecule has 0 saturated heterocycles. The Balaban J connectivity index is 0.00000450. The Hall–Kier alpha value is -2.45. The van der Waals surface area contributed by atoms with Gasteiger partial charge in [-0.3, -0.25) is 10.7 Å². The maximum absolute atomic E-state index is 13.0. The Kier molecular flexibility index (Phi) is 10.5. The maximum atomic E-state index is 13.0. The van der Waals surface area contributed by atoms with Gasteiger partial charge >= 0.3 is 17.1 Å². The number of thioether (sulfide) groups is 1. The normalized spacial score (nSPS) is 16.5. The van der Waals surface area contributed by atoms with E-state index in [9.17, 15) is 9.59 Å². The lowest BCUT2D eigenvalue weighted by molar-refractivity contribution is -0.417. The first-order chi connectivity index (χ1) is 13.9. The minimum Gasteiger partial charge on any atom is -0.463 e. The molecule has 30 heavy (non-hydrogen) atoms. The van der Waals surface area contributed by atoms with E-state index in [1.54, 1.807) is 27.8 Å². The molecule has 0 spiro atoms. The summed E-state index contributed by atoms with van der Waals surface area (Å²) in [7, 11) is 1.73. The van der Waals surface area contributed by atoms with Crippen molar-refractivity contribution < 1.29 is 24.1 Å². The zero-order chi connectivity index (χ0) is 21.4. The second-order valence-electron chi connectivity index (χ2n) is 6.24. The van der Waals surface area contributed by atoms with Crippen LogP contribution in [-0.4, -0.2) is 43.1 Å². The summed E-state index contributed by atoms with van der Waals surface area (Å²) in [5.74, 6) is -1.11. The molecule has 0 fully saturated rings. The summed E-state index contributed by atoms with van der Waals surface area (Å²) in [6, 6.07) is 9.41. The highest BCUT2D eigenvalue weighted by Crippen LogP contribution is 2.39. The number of ether oxygens (including phenoxy) is 2. The summed E-state index contributed by atoms with van der Waals surface area (Å²) >= 11 is 1.36. The van der Waals surface area contributed by atoms with Crippen LogP contribution in [0.2, 0.25) is 0 Å². The number of hydrogen-bond acceptors (Lipinski definition) is 6. The van der Waals surface area contributed by atoms with Gasteiger partial charge in [-0.25, -0.2) is 9.59 Å². The van der Waals surface area contributed by atoms with E-state index in [4.69, 9.17) is 15.2 Å². The van der Waals surface area contributed by atoms with Crippen molar-refractivity contribution in [1.29, 1.82) is 0 Å². The lowest BCUT2D eigenvalue weighted by Gasteiger charge is -2.31. The largest absolute Gasteiger partial charge is 0.463 e. The van der Waals surface area contributed by atoms with E-state index in [-0.39, 0.29) is 25.6 Å². The van der Waals surface area contributed by atoms with E-state index in [0.29, 0.717) is 33.5 Å². The molecule has 0 bridgehead atoms. The van der Waals surface area contributed by atoms with E-state index in [2.05, 4.69) is 10.3 Å². The zero-order valence-corrected chi connectivity index (χ0v) is 19.2. The Morgan fingerprint density at radius 1 is 1.10 bits per heavy atom. The van der Waals surface area contributed by atoms with Gasteiger partial charge in [-0.05, 0) is 38.1 Å². The second-order valence-corrected chi connectivity index (χ2v) is 7.26. The molecule has 0 aromatic heterocycles. The number of hydrogen-bond donors (Lipinski definition) is 3. The quantitative estimate of drug-likeness (QED) is 0.323. The van der Waals surface area contributed by atoms with Crippen LogP contribution in [0.5, 0.6) is 0 Å². The third-order valence-electron chi connectivity index (χ3n) is 4.39. The number of halogens is 1. The highest BCUT2D eigenvalue weighted by Gasteiger charge is 2.38. The molecule has 1 aromatic carbocycles. The van der Waals surface area contributed by atoms with Crippen molar-refractivity contribution in [3.63, 3.8) is 0 Å². The fourth-order valence-electron chi connectivity index (χ4n) is 3.14. The molecule has 4 N–H and O–H groups in total. The molecule has 2 rings (SSSR count). The molecule has 1 aromatic rings. The van der Waals surface area contributed by atoms with E-state index in [1.807, 2.05) is 30.3 Å². The molecule has 1 aliphatic heterocycles. The average Bonchev–Trinajstić information content (AvgIpc) is 2.72. The van der Waals surface area contributed by atoms with Crippen molar-refractivity contribution in [2.75, 3.05) is 26.0 Å². The molecule has 1 atom stereocenters. The summed E-state index contributed by atoms with van der Waals surface area (Å²) in [5, 5.41) is 3.74. The zero-order valence-electron chi connectivity index (χ0n) is 17.6. The Bertz CT molecular complexity index is 853. The number of amidine groups is 1. The van der Waals surface area contributed by atoms with Crippen LogP contribution in [0.15, 0.2) is 52.9 Å². The summed E-state index contributed by atoms with van der Waals surface area (Å²) in [6.07, 6.45) is 0. The number of benzene rings is 1. The Morgan fingerprint density at radius 2 is 1.67 bits per heavy atom. The third-order valence-corrected chi connectivity index (χ3v) is 5.34. The first-order valence-corrected chi connectivity index (χ1v) is 10.5. The number of rotatable bonds is 7. The molecular weight excluding hydrogens is 426 g/mol. The van der Waals surface area contributed by atoms with Crippen LogP contribution in [-0.2, 0) is 19.1 Å². The number of allylic oxidation sites excluding steroid dienone is 1. The van der Waals surface area contributed by atoms with Gasteiger partial charge in [-0.1, -0.05) is 30.3 Å². The van der Waals surface area contributed by atoms with Crippen LogP contribution in [0.3, 0.4) is 0 Å². The van der Waals surface area contributed by atoms with Gasteiger partial charge in [0.05, 0.1) is 37.3 Å². The van der Waals surface area contributed by atoms with Gasteiger partial charge in [0.2, 0.25) is 0 Å². The summed E-state index contributed by atoms with van der Waals surface area (Å²) in [4.78, 5) is 28.7. The van der Waals surface area contributed by atoms with E-state index >= 15 is 0 Å². The predicted octanol–water partition coefficient (Wildman–Crippen LogP) is 1.21. The standard InChI is InChI=1S/C21H27N3O4S.ClH/c1-5-27-19(25)16-13(3)24-15(12-29-21(22)23-4)18(20(26)28-6-2)17(16)14-10-8-7-9-11-14;/h7-11,17,24H,5-6,12H2,1-4H3,(H2,22,23);1H/p+1. The van der Waals surface area contributed by atoms with Crippen LogP contribution in [0.25, 0.3) is 0 Å². The number of nitrogens with one attached hydrogen (secondary N) is 2. The van der Waals surface area contributed by atoms with Crippen molar-refractivity contribution in [2.45, 2.75) is 26.7 Å². The van der Waals surface area contributed by atoms with E-state index in [0.717, 1.165) is 5.56 Å². The van der Waals surface area contributed by atoms with Crippen molar-refractivity contribution >= 4 is 41.3 Å². The summed E-state index contributed by atoms with van der Waals surface area (Å²) in [5.41, 5.74) is 8.79. The Morgan fingerprint density at radius 3 is 2.20 bits per heavy atom. The molecule has 9 heteroatoms. The van der Waals surface area contributed by atoms with Gasteiger partial charge in [0.25, 0.3) is 0 Å². The highest BCUT2D eigenvalue weighted by molar-refractivity contribution is 8.13. The van der Waals surface area contributed by atoms with Crippen molar-refractivity contribution in [1.82, 2.24) is 5.32 Å². The molecule has 164 valence electrons. The van der Waals surface area contributed by atoms with Crippen LogP contribution >= 0.6 is 24.2 Å². The van der Waals surface area contributed by atoms with Crippen molar-refractivity contribution in [2.24, 2.45) is 5.73 Å². The number of carbonyl (C=O) groups is 2. The number of carbonyl (C=O) groups excluding carboxylic acids is 2. The second kappa shape index (κ2) is 12.3. The van der Waals surface area contributed by atoms with Gasteiger partial charge < -0.3 is 14.8 Å². The molecule has 1 aliphatic rings. The average molecular weight is 455 g/mol. The molecule has 0 aliphatic carbocycles. The minimum atomic E-state index is -0.595. The van der Waals surface area contributed by atoms with Crippen molar-refractivity contribution in [3.05, 3.63) is 58.4 Å². The van der Waals surface area contributed by atoms with Gasteiger partial charge in [-0.15, -0.1) is 12.4 Å². The molecule has 1 unspecified atom stereocenters. The first-order valence-electron chi connectivity index (χ1n) is 9.47. The van der Waals surface area contributed by atoms with Gasteiger partial charge in [0.1, 0.15) is 0 Å². The van der Waals surface area contributed by atoms with Gasteiger partial charge in [-0.2, -0.15) is 0 Å². The number of nitrogens with two attached hydrogens (primary N) is 1. The van der Waals surface area contributed by atoms with Crippen LogP contribution < -0.4 is 16.0 Å². The topological polar surface area (TPSA) is 105 Å². The molecule has 0 amide bonds. The molecule has 0 radical (unpaired) electrons. The van der Waals surface area contributed by atoms with Crippen LogP contribution in [0.1, 0.15) is 32.3 Å². The highest BCUT2D eigenvalue weighted by atomic mass is 35.5.